The molecule has 0 bridgehead atoms. The molecule has 1 saturated heterocycles. The summed E-state index contributed by atoms with van der Waals surface area (Å²) in [5.74, 6) is 0.0221. The smallest absolute Gasteiger partial charge is 0.275 e. The fourth-order valence-corrected chi connectivity index (χ4v) is 3.54. The Hall–Kier alpha value is -2.08. The number of aryl methyl sites for hydroxylation is 2. The topological polar surface area (TPSA) is 63.1 Å². The van der Waals surface area contributed by atoms with Gasteiger partial charge in [0.2, 0.25) is 0 Å². The number of nitrogens with one attached hydrogen (secondary N) is 1. The number of morpholine rings is 1. The number of fused-ring (bicyclic) bond motifs is 1. The summed E-state index contributed by atoms with van der Waals surface area (Å²) >= 11 is 0. The molecule has 4 rings (SSSR count). The van der Waals surface area contributed by atoms with Crippen molar-refractivity contribution >= 4 is 5.91 Å². The third-order valence-electron chi connectivity index (χ3n) is 4.72. The fourth-order valence-electron chi connectivity index (χ4n) is 3.54. The third kappa shape index (κ3) is 2.06. The van der Waals surface area contributed by atoms with E-state index in [9.17, 15) is 4.79 Å². The molecule has 1 atom stereocenters. The van der Waals surface area contributed by atoms with E-state index in [1.54, 1.807) is 0 Å². The zero-order chi connectivity index (χ0) is 15.1. The highest BCUT2D eigenvalue weighted by atomic mass is 16.5. The van der Waals surface area contributed by atoms with E-state index in [1.807, 2.05) is 24.2 Å². The van der Waals surface area contributed by atoms with Crippen LogP contribution in [0, 0.1) is 0 Å². The van der Waals surface area contributed by atoms with Crippen LogP contribution in [0.5, 0.6) is 0 Å². The van der Waals surface area contributed by atoms with Gasteiger partial charge in [0.15, 0.2) is 5.69 Å². The summed E-state index contributed by atoms with van der Waals surface area (Å²) in [5.41, 5.74) is 3.95. The second-order valence-electron chi connectivity index (χ2n) is 6.02. The average molecular weight is 300 g/mol. The first-order chi connectivity index (χ1) is 10.8. The van der Waals surface area contributed by atoms with Crippen molar-refractivity contribution in [3.63, 3.8) is 0 Å². The maximum Gasteiger partial charge on any atom is 0.275 e. The van der Waals surface area contributed by atoms with E-state index in [0.717, 1.165) is 36.2 Å². The Bertz CT molecular complexity index is 703. The van der Waals surface area contributed by atoms with Gasteiger partial charge in [0, 0.05) is 36.7 Å². The minimum absolute atomic E-state index is 0.0221. The van der Waals surface area contributed by atoms with Crippen molar-refractivity contribution in [2.45, 2.75) is 25.3 Å². The van der Waals surface area contributed by atoms with Crippen LogP contribution in [-0.2, 0) is 24.6 Å². The summed E-state index contributed by atoms with van der Waals surface area (Å²) in [7, 11) is 2.00. The van der Waals surface area contributed by atoms with Crippen molar-refractivity contribution < 1.29 is 9.53 Å². The third-order valence-corrected chi connectivity index (χ3v) is 4.72. The Kier molecular flexibility index (Phi) is 3.26. The van der Waals surface area contributed by atoms with E-state index >= 15 is 0 Å². The Balaban J connectivity index is 1.66. The lowest BCUT2D eigenvalue weighted by Gasteiger charge is -2.35. The SMILES string of the molecule is Cn1cccc1C1COCCN1C(=O)c1n[nH]c2c1CCC2. The van der Waals surface area contributed by atoms with Gasteiger partial charge in [0.05, 0.1) is 19.3 Å². The molecule has 1 unspecified atom stereocenters. The highest BCUT2D eigenvalue weighted by Gasteiger charge is 2.34. The van der Waals surface area contributed by atoms with Crippen molar-refractivity contribution in [2.24, 2.45) is 7.05 Å². The Morgan fingerprint density at radius 3 is 3.18 bits per heavy atom. The predicted molar refractivity (Wildman–Crippen MR) is 80.6 cm³/mol. The first kappa shape index (κ1) is 13.6. The molecular formula is C16H20N4O2. The van der Waals surface area contributed by atoms with Crippen LogP contribution in [0.4, 0.5) is 0 Å². The summed E-state index contributed by atoms with van der Waals surface area (Å²) in [5, 5.41) is 7.32. The van der Waals surface area contributed by atoms with Gasteiger partial charge in [0.1, 0.15) is 0 Å². The van der Waals surface area contributed by atoms with E-state index in [0.29, 0.717) is 25.5 Å². The lowest BCUT2D eigenvalue weighted by Crippen LogP contribution is -2.44. The van der Waals surface area contributed by atoms with Gasteiger partial charge in [-0.15, -0.1) is 0 Å². The maximum absolute atomic E-state index is 13.0. The van der Waals surface area contributed by atoms with Gasteiger partial charge in [-0.25, -0.2) is 0 Å². The number of nitrogens with zero attached hydrogens (tertiary/aromatic N) is 3. The van der Waals surface area contributed by atoms with Crippen molar-refractivity contribution in [1.82, 2.24) is 19.7 Å². The van der Waals surface area contributed by atoms with E-state index in [-0.39, 0.29) is 11.9 Å². The number of rotatable bonds is 2. The lowest BCUT2D eigenvalue weighted by molar-refractivity contribution is -0.00499. The Morgan fingerprint density at radius 1 is 1.45 bits per heavy atom. The van der Waals surface area contributed by atoms with Crippen molar-refractivity contribution in [1.29, 1.82) is 0 Å². The number of amides is 1. The molecule has 2 aliphatic rings. The minimum Gasteiger partial charge on any atom is -0.377 e. The van der Waals surface area contributed by atoms with Crippen LogP contribution < -0.4 is 0 Å². The van der Waals surface area contributed by atoms with Gasteiger partial charge < -0.3 is 14.2 Å². The molecular weight excluding hydrogens is 280 g/mol. The maximum atomic E-state index is 13.0. The van der Waals surface area contributed by atoms with Crippen molar-refractivity contribution in [2.75, 3.05) is 19.8 Å². The molecule has 6 nitrogen and oxygen atoms in total. The molecule has 3 heterocycles. The lowest BCUT2D eigenvalue weighted by atomic mass is 10.1. The number of aromatic nitrogens is 3. The first-order valence-corrected chi connectivity index (χ1v) is 7.82. The van der Waals surface area contributed by atoms with Crippen LogP contribution in [0.15, 0.2) is 18.3 Å². The second-order valence-corrected chi connectivity index (χ2v) is 6.02. The molecule has 2 aromatic rings. The number of carbonyl (C=O) groups is 1. The molecule has 0 saturated carbocycles. The van der Waals surface area contributed by atoms with Crippen LogP contribution >= 0.6 is 0 Å². The molecule has 0 spiro atoms. The Labute approximate surface area is 129 Å². The van der Waals surface area contributed by atoms with Gasteiger partial charge in [-0.05, 0) is 31.4 Å². The van der Waals surface area contributed by atoms with Crippen LogP contribution in [0.2, 0.25) is 0 Å². The largest absolute Gasteiger partial charge is 0.377 e. The summed E-state index contributed by atoms with van der Waals surface area (Å²) < 4.78 is 7.67. The molecule has 6 heteroatoms. The monoisotopic (exact) mass is 300 g/mol. The van der Waals surface area contributed by atoms with Gasteiger partial charge in [0.25, 0.3) is 5.91 Å². The average Bonchev–Trinajstić information content (AvgIpc) is 3.22. The van der Waals surface area contributed by atoms with Gasteiger partial charge in [-0.1, -0.05) is 0 Å². The molecule has 1 aliphatic carbocycles. The molecule has 0 radical (unpaired) electrons. The molecule has 1 N–H and O–H groups in total. The van der Waals surface area contributed by atoms with E-state index in [2.05, 4.69) is 20.8 Å². The number of aromatic amines is 1. The number of hydrogen-bond donors (Lipinski definition) is 1. The van der Waals surface area contributed by atoms with E-state index in [4.69, 9.17) is 4.74 Å². The molecule has 2 aromatic heterocycles. The number of hydrogen-bond acceptors (Lipinski definition) is 3. The fraction of sp³-hybridized carbons (Fsp3) is 0.500. The summed E-state index contributed by atoms with van der Waals surface area (Å²) in [6, 6.07) is 4.00. The quantitative estimate of drug-likeness (QED) is 0.913. The summed E-state index contributed by atoms with van der Waals surface area (Å²) in [6.07, 6.45) is 5.05. The van der Waals surface area contributed by atoms with Gasteiger partial charge >= 0.3 is 0 Å². The van der Waals surface area contributed by atoms with Crippen molar-refractivity contribution in [3.05, 3.63) is 41.0 Å². The van der Waals surface area contributed by atoms with Crippen molar-refractivity contribution in [3.8, 4) is 0 Å². The number of H-pyrrole nitrogens is 1. The normalized spacial score (nSPS) is 21.1. The van der Waals surface area contributed by atoms with Crippen LogP contribution in [-0.4, -0.2) is 45.3 Å². The number of ether oxygens (including phenoxy) is 1. The Morgan fingerprint density at radius 2 is 2.36 bits per heavy atom. The van der Waals surface area contributed by atoms with Crippen LogP contribution in [0.1, 0.15) is 39.9 Å². The molecule has 1 aliphatic heterocycles. The molecule has 0 aromatic carbocycles. The second kappa shape index (κ2) is 5.28. The minimum atomic E-state index is -0.0463. The van der Waals surface area contributed by atoms with Gasteiger partial charge in [-0.2, -0.15) is 5.10 Å². The van der Waals surface area contributed by atoms with Crippen LogP contribution in [0.3, 0.4) is 0 Å². The highest BCUT2D eigenvalue weighted by molar-refractivity contribution is 5.94. The molecule has 116 valence electrons. The summed E-state index contributed by atoms with van der Waals surface area (Å²) in [4.78, 5) is 14.9. The standard InChI is InChI=1S/C16H20N4O2/c1-19-7-3-6-13(19)14-10-22-9-8-20(14)16(21)15-11-4-2-5-12(11)17-18-15/h3,6-7,14H,2,4-5,8-10H2,1H3,(H,17,18). The van der Waals surface area contributed by atoms with Gasteiger partial charge in [-0.3, -0.25) is 9.89 Å². The molecule has 1 amide bonds. The predicted octanol–water partition coefficient (Wildman–Crippen LogP) is 1.45. The van der Waals surface area contributed by atoms with E-state index < -0.39 is 0 Å². The van der Waals surface area contributed by atoms with Crippen LogP contribution in [0.25, 0.3) is 0 Å². The molecule has 22 heavy (non-hydrogen) atoms. The van der Waals surface area contributed by atoms with E-state index in [1.165, 1.54) is 0 Å². The molecule has 1 fully saturated rings. The number of carbonyl (C=O) groups excluding carboxylic acids is 1. The zero-order valence-corrected chi connectivity index (χ0v) is 12.7. The first-order valence-electron chi connectivity index (χ1n) is 7.82. The zero-order valence-electron chi connectivity index (χ0n) is 12.7. The summed E-state index contributed by atoms with van der Waals surface area (Å²) in [6.45, 7) is 1.73. The highest BCUT2D eigenvalue weighted by Crippen LogP contribution is 2.29.